The van der Waals surface area contributed by atoms with Crippen LogP contribution in [0.25, 0.3) is 0 Å². The Morgan fingerprint density at radius 1 is 1.04 bits per heavy atom. The van der Waals surface area contributed by atoms with E-state index in [9.17, 15) is 15.3 Å². The molecule has 4 N–H and O–H groups in total. The maximum atomic E-state index is 10.2. The highest BCUT2D eigenvalue weighted by atomic mass is 16.3. The lowest BCUT2D eigenvalue weighted by molar-refractivity contribution is 0.120. The topological polar surface area (TPSA) is 80.9 Å². The molecule has 140 valence electrons. The van der Waals surface area contributed by atoms with Crippen LogP contribution in [-0.2, 0) is 0 Å². The molecule has 0 heterocycles. The van der Waals surface area contributed by atoms with Gasteiger partial charge in [-0.1, -0.05) is 50.5 Å². The van der Waals surface area contributed by atoms with Gasteiger partial charge in [0.2, 0.25) is 0 Å². The Bertz CT molecular complexity index is 367. The van der Waals surface area contributed by atoms with Gasteiger partial charge in [0.1, 0.15) is 0 Å². The first-order valence-electron chi connectivity index (χ1n) is 9.58. The minimum absolute atomic E-state index is 0.00758. The molecule has 4 nitrogen and oxygen atoms in total. The summed E-state index contributed by atoms with van der Waals surface area (Å²) in [4.78, 5) is 0. The van der Waals surface area contributed by atoms with Crippen LogP contribution in [0.15, 0.2) is 24.3 Å². The monoisotopic (exact) mass is 340 g/mol. The Kier molecular flexibility index (Phi) is 11.3. The summed E-state index contributed by atoms with van der Waals surface area (Å²) in [5.74, 6) is -0.0869. The van der Waals surface area contributed by atoms with Crippen LogP contribution < -0.4 is 0 Å². The standard InChI is InChI=1S/C20H36O4/c1-2-3-7-10-16(22)12-13-18-17(19(23)15-20(18)24)11-8-5-4-6-9-14-21/h5,8,12-13,16-24H,2-4,6-7,9-11,14-15H2,1H3. The largest absolute Gasteiger partial charge is 0.396 e. The maximum Gasteiger partial charge on any atom is 0.0721 e. The van der Waals surface area contributed by atoms with Crippen LogP contribution in [0.5, 0.6) is 0 Å². The molecule has 1 saturated carbocycles. The second-order valence-electron chi connectivity index (χ2n) is 6.99. The van der Waals surface area contributed by atoms with E-state index in [0.29, 0.717) is 6.42 Å². The van der Waals surface area contributed by atoms with Crippen molar-refractivity contribution in [2.24, 2.45) is 11.8 Å². The highest BCUT2D eigenvalue weighted by molar-refractivity contribution is 5.06. The molecule has 0 aromatic heterocycles. The number of hydrogen-bond donors (Lipinski definition) is 4. The number of rotatable bonds is 12. The van der Waals surface area contributed by atoms with E-state index in [1.165, 1.54) is 0 Å². The summed E-state index contributed by atoms with van der Waals surface area (Å²) >= 11 is 0. The first-order valence-corrected chi connectivity index (χ1v) is 9.58. The van der Waals surface area contributed by atoms with Crippen LogP contribution in [0.1, 0.15) is 64.7 Å². The first-order chi connectivity index (χ1) is 11.6. The second-order valence-corrected chi connectivity index (χ2v) is 6.99. The smallest absolute Gasteiger partial charge is 0.0721 e. The first kappa shape index (κ1) is 21.4. The van der Waals surface area contributed by atoms with E-state index in [2.05, 4.69) is 19.1 Å². The van der Waals surface area contributed by atoms with Crippen LogP contribution in [0.3, 0.4) is 0 Å². The van der Waals surface area contributed by atoms with Crippen LogP contribution >= 0.6 is 0 Å². The maximum absolute atomic E-state index is 10.2. The Morgan fingerprint density at radius 3 is 2.54 bits per heavy atom. The Hall–Kier alpha value is -0.680. The number of unbranched alkanes of at least 4 members (excludes halogenated alkanes) is 4. The lowest BCUT2D eigenvalue weighted by Crippen LogP contribution is -2.20. The molecule has 0 spiro atoms. The molecule has 0 aliphatic heterocycles. The van der Waals surface area contributed by atoms with Crippen molar-refractivity contribution in [3.63, 3.8) is 0 Å². The van der Waals surface area contributed by atoms with Gasteiger partial charge in [-0.15, -0.1) is 0 Å². The zero-order chi connectivity index (χ0) is 17.8. The fourth-order valence-electron chi connectivity index (χ4n) is 3.41. The average Bonchev–Trinajstić information content (AvgIpc) is 2.82. The molecule has 5 atom stereocenters. The molecule has 0 saturated heterocycles. The zero-order valence-electron chi connectivity index (χ0n) is 15.1. The van der Waals surface area contributed by atoms with Crippen LogP contribution in [-0.4, -0.2) is 45.3 Å². The summed E-state index contributed by atoms with van der Waals surface area (Å²) in [5, 5.41) is 39.1. The summed E-state index contributed by atoms with van der Waals surface area (Å²) in [7, 11) is 0. The van der Waals surface area contributed by atoms with Gasteiger partial charge >= 0.3 is 0 Å². The van der Waals surface area contributed by atoms with Crippen molar-refractivity contribution in [1.29, 1.82) is 0 Å². The Labute approximate surface area is 146 Å². The van der Waals surface area contributed by atoms with Gasteiger partial charge in [-0.2, -0.15) is 0 Å². The normalized spacial score (nSPS) is 29.0. The van der Waals surface area contributed by atoms with Crippen molar-refractivity contribution < 1.29 is 20.4 Å². The van der Waals surface area contributed by atoms with Crippen molar-refractivity contribution in [1.82, 2.24) is 0 Å². The fourth-order valence-corrected chi connectivity index (χ4v) is 3.41. The van der Waals surface area contributed by atoms with E-state index in [4.69, 9.17) is 5.11 Å². The summed E-state index contributed by atoms with van der Waals surface area (Å²) in [6.45, 7) is 2.37. The van der Waals surface area contributed by atoms with Gasteiger partial charge in [0.25, 0.3) is 0 Å². The summed E-state index contributed by atoms with van der Waals surface area (Å²) in [6.07, 6.45) is 14.3. The van der Waals surface area contributed by atoms with Crippen LogP contribution in [0.2, 0.25) is 0 Å². The van der Waals surface area contributed by atoms with E-state index in [-0.39, 0.29) is 18.4 Å². The minimum Gasteiger partial charge on any atom is -0.396 e. The number of aliphatic hydroxyl groups excluding tert-OH is 4. The highest BCUT2D eigenvalue weighted by Gasteiger charge is 2.39. The number of allylic oxidation sites excluding steroid dienone is 2. The predicted molar refractivity (Wildman–Crippen MR) is 97.6 cm³/mol. The summed E-state index contributed by atoms with van der Waals surface area (Å²) in [6, 6.07) is 0. The third-order valence-electron chi connectivity index (χ3n) is 4.93. The third-order valence-corrected chi connectivity index (χ3v) is 4.93. The van der Waals surface area contributed by atoms with Crippen molar-refractivity contribution in [3.8, 4) is 0 Å². The molecule has 1 fully saturated rings. The van der Waals surface area contributed by atoms with E-state index < -0.39 is 18.3 Å². The Morgan fingerprint density at radius 2 is 1.83 bits per heavy atom. The van der Waals surface area contributed by atoms with Crippen LogP contribution in [0, 0.1) is 11.8 Å². The van der Waals surface area contributed by atoms with E-state index in [0.717, 1.165) is 51.4 Å². The molecule has 1 aliphatic carbocycles. The van der Waals surface area contributed by atoms with Crippen molar-refractivity contribution in [2.75, 3.05) is 6.61 Å². The van der Waals surface area contributed by atoms with Crippen LogP contribution in [0.4, 0.5) is 0 Å². The van der Waals surface area contributed by atoms with Gasteiger partial charge in [0, 0.05) is 18.9 Å². The number of hydrogen-bond acceptors (Lipinski definition) is 4. The molecule has 0 amide bonds. The van der Waals surface area contributed by atoms with Gasteiger partial charge < -0.3 is 20.4 Å². The quantitative estimate of drug-likeness (QED) is 0.325. The lowest BCUT2D eigenvalue weighted by atomic mass is 9.89. The number of aliphatic hydroxyl groups is 4. The van der Waals surface area contributed by atoms with E-state index >= 15 is 0 Å². The summed E-state index contributed by atoms with van der Waals surface area (Å²) < 4.78 is 0. The molecule has 5 unspecified atom stereocenters. The third kappa shape index (κ3) is 7.93. The van der Waals surface area contributed by atoms with Gasteiger partial charge in [-0.05, 0) is 38.0 Å². The molecule has 0 aromatic rings. The predicted octanol–water partition coefficient (Wildman–Crippen LogP) is 2.95. The molecule has 4 heteroatoms. The molecule has 1 rings (SSSR count). The lowest BCUT2D eigenvalue weighted by Gasteiger charge is -2.19. The minimum atomic E-state index is -0.535. The van der Waals surface area contributed by atoms with Crippen molar-refractivity contribution >= 4 is 0 Å². The average molecular weight is 341 g/mol. The van der Waals surface area contributed by atoms with E-state index in [1.807, 2.05) is 6.08 Å². The molecule has 0 radical (unpaired) electrons. The molecular formula is C20H36O4. The van der Waals surface area contributed by atoms with Gasteiger partial charge in [-0.3, -0.25) is 0 Å². The highest BCUT2D eigenvalue weighted by Crippen LogP contribution is 2.36. The molecule has 0 aromatic carbocycles. The van der Waals surface area contributed by atoms with Crippen molar-refractivity contribution in [3.05, 3.63) is 24.3 Å². The Balaban J connectivity index is 2.46. The molecule has 24 heavy (non-hydrogen) atoms. The van der Waals surface area contributed by atoms with Crippen molar-refractivity contribution in [2.45, 2.75) is 83.0 Å². The molecular weight excluding hydrogens is 304 g/mol. The van der Waals surface area contributed by atoms with Gasteiger partial charge in [-0.25, -0.2) is 0 Å². The fraction of sp³-hybridized carbons (Fsp3) is 0.800. The van der Waals surface area contributed by atoms with E-state index in [1.54, 1.807) is 6.08 Å². The SMILES string of the molecule is CCCCCC(O)C=CC1C(O)CC(O)C1CC=CCCCCO. The van der Waals surface area contributed by atoms with Gasteiger partial charge in [0.05, 0.1) is 18.3 Å². The second kappa shape index (κ2) is 12.6. The zero-order valence-corrected chi connectivity index (χ0v) is 15.1. The molecule has 0 bridgehead atoms. The molecule has 1 aliphatic rings. The summed E-state index contributed by atoms with van der Waals surface area (Å²) in [5.41, 5.74) is 0. The van der Waals surface area contributed by atoms with Gasteiger partial charge in [0.15, 0.2) is 0 Å².